The lowest BCUT2D eigenvalue weighted by molar-refractivity contribution is 0.105. The Labute approximate surface area is 165 Å². The van der Waals surface area contributed by atoms with E-state index >= 15 is 0 Å². The van der Waals surface area contributed by atoms with Crippen molar-refractivity contribution in [1.82, 2.24) is 10.1 Å². The van der Waals surface area contributed by atoms with Crippen molar-refractivity contribution in [3.63, 3.8) is 0 Å². The van der Waals surface area contributed by atoms with Gasteiger partial charge in [0.05, 0.1) is 13.2 Å². The van der Waals surface area contributed by atoms with Crippen molar-refractivity contribution in [2.45, 2.75) is 12.5 Å². The largest absolute Gasteiger partial charge is 0.459 e. The van der Waals surface area contributed by atoms with Crippen LogP contribution in [0, 0.1) is 6.92 Å². The average molecular weight is 400 g/mol. The predicted molar refractivity (Wildman–Crippen MR) is 105 cm³/mol. The summed E-state index contributed by atoms with van der Waals surface area (Å²) in [6, 6.07) is 12.6. The molecule has 0 unspecified atom stereocenters. The summed E-state index contributed by atoms with van der Waals surface area (Å²) in [5.74, 6) is 1.08. The van der Waals surface area contributed by atoms with Crippen LogP contribution in [-0.2, 0) is 5.54 Å². The number of furan rings is 1. The zero-order valence-electron chi connectivity index (χ0n) is 15.0. The van der Waals surface area contributed by atoms with E-state index in [0.29, 0.717) is 28.1 Å². The number of nitrogens with zero attached hydrogens (tertiary/aromatic N) is 2. The molecule has 0 saturated carbocycles. The third-order valence-electron chi connectivity index (χ3n) is 4.67. The third-order valence-corrected chi connectivity index (χ3v) is 5.08. The van der Waals surface area contributed by atoms with Crippen molar-refractivity contribution < 1.29 is 19.2 Å². The molecule has 2 aromatic carbocycles. The van der Waals surface area contributed by atoms with Gasteiger partial charge in [-0.05, 0) is 48.9 Å². The Balaban J connectivity index is 1.70. The van der Waals surface area contributed by atoms with Crippen molar-refractivity contribution in [2.75, 3.05) is 13.2 Å². The van der Waals surface area contributed by atoms with E-state index < -0.39 is 18.8 Å². The van der Waals surface area contributed by atoms with Gasteiger partial charge >= 0.3 is 0 Å². The van der Waals surface area contributed by atoms with Crippen molar-refractivity contribution >= 4 is 22.6 Å². The molecule has 0 aliphatic heterocycles. The molecule has 8 heteroatoms. The Kier molecular flexibility index (Phi) is 4.68. The molecule has 2 aromatic heterocycles. The maximum atomic E-state index is 9.46. The van der Waals surface area contributed by atoms with E-state index in [1.54, 1.807) is 24.3 Å². The molecule has 28 heavy (non-hydrogen) atoms. The van der Waals surface area contributed by atoms with E-state index in [1.165, 1.54) is 0 Å². The summed E-state index contributed by atoms with van der Waals surface area (Å²) in [4.78, 5) is 4.44. The molecule has 0 aliphatic carbocycles. The van der Waals surface area contributed by atoms with E-state index in [1.807, 2.05) is 25.1 Å². The molecule has 4 rings (SSSR count). The molecule has 0 amide bonds. The highest BCUT2D eigenvalue weighted by molar-refractivity contribution is 6.31. The molecule has 2 heterocycles. The first-order valence-electron chi connectivity index (χ1n) is 8.59. The SMILES string of the molecule is Cc1ccc(-c2nc(-c3ccc4oc(C(N)(CO)CO)cc4c3)no2)cc1Cl. The number of aryl methyl sites for hydroxylation is 1. The Hall–Kier alpha value is -2.71. The lowest BCUT2D eigenvalue weighted by atomic mass is 10.00. The van der Waals surface area contributed by atoms with Gasteiger partial charge in [0.15, 0.2) is 0 Å². The van der Waals surface area contributed by atoms with Gasteiger partial charge in [-0.2, -0.15) is 4.98 Å². The molecule has 0 radical (unpaired) electrons. The quantitative estimate of drug-likeness (QED) is 0.471. The average Bonchev–Trinajstić information content (AvgIpc) is 3.36. The highest BCUT2D eigenvalue weighted by Crippen LogP contribution is 2.31. The molecule has 0 fully saturated rings. The molecule has 7 nitrogen and oxygen atoms in total. The van der Waals surface area contributed by atoms with E-state index in [9.17, 15) is 10.2 Å². The number of fused-ring (bicyclic) bond motifs is 1. The molecule has 4 N–H and O–H groups in total. The monoisotopic (exact) mass is 399 g/mol. The summed E-state index contributed by atoms with van der Waals surface area (Å²) >= 11 is 6.17. The minimum Gasteiger partial charge on any atom is -0.459 e. The van der Waals surface area contributed by atoms with Crippen LogP contribution >= 0.6 is 11.6 Å². The van der Waals surface area contributed by atoms with Gasteiger partial charge in [0.25, 0.3) is 5.89 Å². The second kappa shape index (κ2) is 7.03. The Morgan fingerprint density at radius 1 is 1.07 bits per heavy atom. The normalized spacial score (nSPS) is 12.0. The second-order valence-electron chi connectivity index (χ2n) is 6.72. The zero-order valence-corrected chi connectivity index (χ0v) is 15.8. The zero-order chi connectivity index (χ0) is 19.9. The fourth-order valence-electron chi connectivity index (χ4n) is 2.82. The van der Waals surface area contributed by atoms with Crippen LogP contribution in [0.3, 0.4) is 0 Å². The lowest BCUT2D eigenvalue weighted by Gasteiger charge is -2.21. The van der Waals surface area contributed by atoms with Crippen LogP contribution in [0.1, 0.15) is 11.3 Å². The summed E-state index contributed by atoms with van der Waals surface area (Å²) < 4.78 is 11.1. The van der Waals surface area contributed by atoms with Crippen LogP contribution in [0.4, 0.5) is 0 Å². The van der Waals surface area contributed by atoms with Gasteiger partial charge in [-0.25, -0.2) is 0 Å². The minimum atomic E-state index is -1.34. The highest BCUT2D eigenvalue weighted by atomic mass is 35.5. The predicted octanol–water partition coefficient (Wildman–Crippen LogP) is 3.25. The fraction of sp³-hybridized carbons (Fsp3) is 0.200. The Bertz CT molecular complexity index is 1150. The Morgan fingerprint density at radius 3 is 2.54 bits per heavy atom. The fourth-order valence-corrected chi connectivity index (χ4v) is 3.00. The first-order valence-corrected chi connectivity index (χ1v) is 8.96. The van der Waals surface area contributed by atoms with Crippen LogP contribution < -0.4 is 5.73 Å². The summed E-state index contributed by atoms with van der Waals surface area (Å²) in [7, 11) is 0. The van der Waals surface area contributed by atoms with Gasteiger partial charge in [-0.15, -0.1) is 0 Å². The smallest absolute Gasteiger partial charge is 0.258 e. The topological polar surface area (TPSA) is 119 Å². The number of benzene rings is 2. The molecule has 144 valence electrons. The van der Waals surface area contributed by atoms with Gasteiger partial charge in [0, 0.05) is 21.5 Å². The molecule has 4 aromatic rings. The van der Waals surface area contributed by atoms with Crippen LogP contribution in [0.2, 0.25) is 5.02 Å². The summed E-state index contributed by atoms with van der Waals surface area (Å²) in [6.07, 6.45) is 0. The molecule has 0 atom stereocenters. The standard InChI is InChI=1S/C20H18ClN3O4/c1-11-2-3-13(7-15(11)21)19-23-18(24-28-19)12-4-5-16-14(6-12)8-17(27-16)20(22,9-25)10-26/h2-8,25-26H,9-10,22H2,1H3. The van der Waals surface area contributed by atoms with Crippen LogP contribution in [0.5, 0.6) is 0 Å². The first kappa shape index (κ1) is 18.6. The van der Waals surface area contributed by atoms with Gasteiger partial charge in [0.1, 0.15) is 16.9 Å². The third kappa shape index (κ3) is 3.18. The van der Waals surface area contributed by atoms with Crippen LogP contribution in [0.25, 0.3) is 33.8 Å². The number of halogens is 1. The summed E-state index contributed by atoms with van der Waals surface area (Å²) in [6.45, 7) is 1.04. The van der Waals surface area contributed by atoms with Gasteiger partial charge < -0.3 is 24.9 Å². The maximum absolute atomic E-state index is 9.46. The Morgan fingerprint density at radius 2 is 1.82 bits per heavy atom. The number of aromatic nitrogens is 2. The lowest BCUT2D eigenvalue weighted by Crippen LogP contribution is -2.43. The highest BCUT2D eigenvalue weighted by Gasteiger charge is 2.30. The number of aliphatic hydroxyl groups excluding tert-OH is 2. The van der Waals surface area contributed by atoms with E-state index in [0.717, 1.165) is 22.1 Å². The van der Waals surface area contributed by atoms with Crippen molar-refractivity contribution in [2.24, 2.45) is 5.73 Å². The second-order valence-corrected chi connectivity index (χ2v) is 7.13. The number of rotatable bonds is 5. The number of aliphatic hydroxyl groups is 2. The van der Waals surface area contributed by atoms with Crippen LogP contribution in [0.15, 0.2) is 51.4 Å². The molecule has 0 spiro atoms. The van der Waals surface area contributed by atoms with E-state index in [2.05, 4.69) is 10.1 Å². The van der Waals surface area contributed by atoms with Crippen molar-refractivity contribution in [1.29, 1.82) is 0 Å². The minimum absolute atomic E-state index is 0.299. The molecule has 0 aliphatic rings. The summed E-state index contributed by atoms with van der Waals surface area (Å²) in [5, 5.41) is 24.3. The molecule has 0 saturated heterocycles. The number of hydrogen-bond acceptors (Lipinski definition) is 7. The molecular weight excluding hydrogens is 382 g/mol. The van der Waals surface area contributed by atoms with Gasteiger partial charge in [-0.1, -0.05) is 22.8 Å². The first-order chi connectivity index (χ1) is 13.4. The molecular formula is C20H18ClN3O4. The van der Waals surface area contributed by atoms with Crippen molar-refractivity contribution in [3.05, 3.63) is 58.8 Å². The van der Waals surface area contributed by atoms with E-state index in [4.69, 9.17) is 26.3 Å². The molecule has 0 bridgehead atoms. The maximum Gasteiger partial charge on any atom is 0.258 e. The van der Waals surface area contributed by atoms with Crippen LogP contribution in [-0.4, -0.2) is 33.6 Å². The summed E-state index contributed by atoms with van der Waals surface area (Å²) in [5.41, 5.74) is 7.63. The van der Waals surface area contributed by atoms with Gasteiger partial charge in [-0.3, -0.25) is 0 Å². The van der Waals surface area contributed by atoms with Crippen molar-refractivity contribution in [3.8, 4) is 22.8 Å². The number of nitrogens with two attached hydrogens (primary N) is 1. The van der Waals surface area contributed by atoms with Gasteiger partial charge in [0.2, 0.25) is 5.82 Å². The van der Waals surface area contributed by atoms with E-state index in [-0.39, 0.29) is 0 Å². The number of hydrogen-bond donors (Lipinski definition) is 3.